The van der Waals surface area contributed by atoms with E-state index in [9.17, 15) is 9.59 Å². The standard InChI is InChI=1S/C22H21NO5S/c1-14-10-17(15(2)23(14)11-16-6-5-9-29-16)18(24)12-27-22(25)21-13-26-19-7-3-4-8-20(19)28-21/h3-10,21H,11-13H2,1-2H3. The van der Waals surface area contributed by atoms with Crippen LogP contribution in [0.5, 0.6) is 11.5 Å². The summed E-state index contributed by atoms with van der Waals surface area (Å²) in [5.41, 5.74) is 2.42. The Bertz CT molecular complexity index is 1040. The normalized spacial score (nSPS) is 15.2. The van der Waals surface area contributed by atoms with Gasteiger partial charge in [0.05, 0.1) is 6.54 Å². The minimum Gasteiger partial charge on any atom is -0.485 e. The van der Waals surface area contributed by atoms with Gasteiger partial charge >= 0.3 is 5.97 Å². The highest BCUT2D eigenvalue weighted by Crippen LogP contribution is 2.31. The number of rotatable bonds is 6. The van der Waals surface area contributed by atoms with Crippen LogP contribution in [0.3, 0.4) is 0 Å². The van der Waals surface area contributed by atoms with E-state index >= 15 is 0 Å². The highest BCUT2D eigenvalue weighted by molar-refractivity contribution is 7.09. The molecule has 1 aromatic carbocycles. The number of benzene rings is 1. The maximum Gasteiger partial charge on any atom is 0.351 e. The molecule has 0 fully saturated rings. The molecule has 0 N–H and O–H groups in total. The van der Waals surface area contributed by atoms with E-state index in [-0.39, 0.29) is 19.0 Å². The van der Waals surface area contributed by atoms with Crippen LogP contribution < -0.4 is 9.47 Å². The average molecular weight is 411 g/mol. The molecule has 1 aliphatic rings. The van der Waals surface area contributed by atoms with Crippen molar-refractivity contribution in [2.45, 2.75) is 26.5 Å². The van der Waals surface area contributed by atoms with Crippen molar-refractivity contribution in [3.8, 4) is 11.5 Å². The number of ether oxygens (including phenoxy) is 3. The molecule has 150 valence electrons. The Morgan fingerprint density at radius 2 is 1.97 bits per heavy atom. The molecule has 0 saturated heterocycles. The fraction of sp³-hybridized carbons (Fsp3) is 0.273. The molecule has 0 bridgehead atoms. The first-order valence-corrected chi connectivity index (χ1v) is 10.2. The summed E-state index contributed by atoms with van der Waals surface area (Å²) >= 11 is 1.68. The molecule has 6 nitrogen and oxygen atoms in total. The fourth-order valence-electron chi connectivity index (χ4n) is 3.33. The summed E-state index contributed by atoms with van der Waals surface area (Å²) in [6.45, 7) is 4.32. The smallest absolute Gasteiger partial charge is 0.351 e. The summed E-state index contributed by atoms with van der Waals surface area (Å²) in [5.74, 6) is 0.233. The van der Waals surface area contributed by atoms with Gasteiger partial charge in [0.25, 0.3) is 0 Å². The largest absolute Gasteiger partial charge is 0.485 e. The van der Waals surface area contributed by atoms with Gasteiger partial charge in [0.2, 0.25) is 11.9 Å². The van der Waals surface area contributed by atoms with Crippen molar-refractivity contribution in [3.05, 3.63) is 69.7 Å². The molecule has 4 rings (SSSR count). The molecule has 7 heteroatoms. The Morgan fingerprint density at radius 1 is 1.17 bits per heavy atom. The topological polar surface area (TPSA) is 66.8 Å². The first kappa shape index (κ1) is 19.3. The number of carbonyl (C=O) groups excluding carboxylic acids is 2. The fourth-order valence-corrected chi connectivity index (χ4v) is 4.02. The van der Waals surface area contributed by atoms with E-state index < -0.39 is 12.1 Å². The van der Waals surface area contributed by atoms with Crippen LogP contribution in [0.1, 0.15) is 26.6 Å². The molecule has 0 saturated carbocycles. The van der Waals surface area contributed by atoms with Crippen molar-refractivity contribution in [1.82, 2.24) is 4.57 Å². The number of thiophene rings is 1. The Balaban J connectivity index is 1.38. The van der Waals surface area contributed by atoms with Crippen molar-refractivity contribution >= 4 is 23.1 Å². The van der Waals surface area contributed by atoms with Crippen LogP contribution in [0.4, 0.5) is 0 Å². The van der Waals surface area contributed by atoms with Crippen LogP contribution in [-0.4, -0.2) is 35.6 Å². The number of esters is 1. The van der Waals surface area contributed by atoms with Gasteiger partial charge in [-0.25, -0.2) is 4.79 Å². The van der Waals surface area contributed by atoms with Gasteiger partial charge in [-0.05, 0) is 43.5 Å². The SMILES string of the molecule is Cc1cc(C(=O)COC(=O)C2COc3ccccc3O2)c(C)n1Cc1cccs1. The van der Waals surface area contributed by atoms with E-state index in [1.807, 2.05) is 37.4 Å². The molecular formula is C22H21NO5S. The van der Waals surface area contributed by atoms with E-state index in [1.165, 1.54) is 4.88 Å². The summed E-state index contributed by atoms with van der Waals surface area (Å²) in [7, 11) is 0. The molecule has 0 amide bonds. The molecule has 2 aromatic heterocycles. The molecular weight excluding hydrogens is 390 g/mol. The van der Waals surface area contributed by atoms with Crippen LogP contribution in [0.2, 0.25) is 0 Å². The predicted molar refractivity (Wildman–Crippen MR) is 109 cm³/mol. The Labute approximate surface area is 172 Å². The summed E-state index contributed by atoms with van der Waals surface area (Å²) in [6.07, 6.45) is -0.885. The summed E-state index contributed by atoms with van der Waals surface area (Å²) < 4.78 is 18.5. The van der Waals surface area contributed by atoms with E-state index in [2.05, 4.69) is 10.6 Å². The summed E-state index contributed by atoms with van der Waals surface area (Å²) in [5, 5.41) is 2.03. The van der Waals surface area contributed by atoms with Crippen LogP contribution in [0, 0.1) is 13.8 Å². The molecule has 0 aliphatic carbocycles. The minimum absolute atomic E-state index is 0.0549. The van der Waals surface area contributed by atoms with Crippen LogP contribution >= 0.6 is 11.3 Å². The minimum atomic E-state index is -0.885. The molecule has 1 aliphatic heterocycles. The second kappa shape index (κ2) is 8.13. The number of hydrogen-bond donors (Lipinski definition) is 0. The highest BCUT2D eigenvalue weighted by Gasteiger charge is 2.29. The van der Waals surface area contributed by atoms with Gasteiger partial charge in [-0.1, -0.05) is 18.2 Å². The van der Waals surface area contributed by atoms with Crippen molar-refractivity contribution < 1.29 is 23.8 Å². The van der Waals surface area contributed by atoms with Gasteiger partial charge in [0.1, 0.15) is 6.61 Å². The number of fused-ring (bicyclic) bond motifs is 1. The number of ketones is 1. The molecule has 3 heterocycles. The molecule has 1 atom stereocenters. The van der Waals surface area contributed by atoms with Crippen molar-refractivity contribution in [1.29, 1.82) is 0 Å². The molecule has 0 radical (unpaired) electrons. The Kier molecular flexibility index (Phi) is 5.40. The van der Waals surface area contributed by atoms with Crippen molar-refractivity contribution in [3.63, 3.8) is 0 Å². The third-order valence-corrected chi connectivity index (χ3v) is 5.75. The number of hydrogen-bond acceptors (Lipinski definition) is 6. The van der Waals surface area contributed by atoms with E-state index in [0.29, 0.717) is 17.1 Å². The quantitative estimate of drug-likeness (QED) is 0.456. The number of aryl methyl sites for hydroxylation is 1. The number of Topliss-reactive ketones (excluding diaryl/α,β-unsaturated/α-hetero) is 1. The molecule has 0 spiro atoms. The van der Waals surface area contributed by atoms with Crippen LogP contribution in [0.15, 0.2) is 47.8 Å². The van der Waals surface area contributed by atoms with Gasteiger partial charge < -0.3 is 18.8 Å². The number of para-hydroxylation sites is 2. The summed E-state index contributed by atoms with van der Waals surface area (Å²) in [6, 6.07) is 13.0. The first-order chi connectivity index (χ1) is 14.0. The van der Waals surface area contributed by atoms with Crippen LogP contribution in [0.25, 0.3) is 0 Å². The second-order valence-electron chi connectivity index (χ2n) is 6.85. The lowest BCUT2D eigenvalue weighted by Crippen LogP contribution is -2.38. The zero-order valence-corrected chi connectivity index (χ0v) is 17.0. The number of nitrogens with zero attached hydrogens (tertiary/aromatic N) is 1. The maximum atomic E-state index is 12.7. The zero-order valence-electron chi connectivity index (χ0n) is 16.2. The summed E-state index contributed by atoms with van der Waals surface area (Å²) in [4.78, 5) is 26.2. The molecule has 29 heavy (non-hydrogen) atoms. The second-order valence-corrected chi connectivity index (χ2v) is 7.88. The highest BCUT2D eigenvalue weighted by atomic mass is 32.1. The number of aromatic nitrogens is 1. The molecule has 3 aromatic rings. The van der Waals surface area contributed by atoms with Gasteiger partial charge in [0, 0.05) is 21.8 Å². The lowest BCUT2D eigenvalue weighted by molar-refractivity contribution is -0.153. The lowest BCUT2D eigenvalue weighted by Gasteiger charge is -2.24. The predicted octanol–water partition coefficient (Wildman–Crippen LogP) is 3.78. The van der Waals surface area contributed by atoms with Crippen molar-refractivity contribution in [2.75, 3.05) is 13.2 Å². The monoisotopic (exact) mass is 411 g/mol. The van der Waals surface area contributed by atoms with Crippen molar-refractivity contribution in [2.24, 2.45) is 0 Å². The van der Waals surface area contributed by atoms with E-state index in [4.69, 9.17) is 14.2 Å². The van der Waals surface area contributed by atoms with Gasteiger partial charge in [-0.3, -0.25) is 4.79 Å². The van der Waals surface area contributed by atoms with Gasteiger partial charge in [-0.2, -0.15) is 0 Å². The Morgan fingerprint density at radius 3 is 2.72 bits per heavy atom. The first-order valence-electron chi connectivity index (χ1n) is 9.30. The van der Waals surface area contributed by atoms with E-state index in [0.717, 1.165) is 17.9 Å². The third-order valence-electron chi connectivity index (χ3n) is 4.89. The maximum absolute atomic E-state index is 12.7. The van der Waals surface area contributed by atoms with Gasteiger partial charge in [0.15, 0.2) is 18.1 Å². The lowest BCUT2D eigenvalue weighted by atomic mass is 10.1. The Hall–Kier alpha value is -3.06. The number of carbonyl (C=O) groups is 2. The third kappa shape index (κ3) is 4.05. The van der Waals surface area contributed by atoms with Crippen LogP contribution in [-0.2, 0) is 16.1 Å². The molecule has 1 unspecified atom stereocenters. The zero-order chi connectivity index (χ0) is 20.4. The van der Waals surface area contributed by atoms with Gasteiger partial charge in [-0.15, -0.1) is 11.3 Å². The average Bonchev–Trinajstić information content (AvgIpc) is 3.35. The van der Waals surface area contributed by atoms with E-state index in [1.54, 1.807) is 29.5 Å².